The summed E-state index contributed by atoms with van der Waals surface area (Å²) >= 11 is 0. The minimum atomic E-state index is -3.40. The lowest BCUT2D eigenvalue weighted by Gasteiger charge is -2.29. The van der Waals surface area contributed by atoms with E-state index in [1.54, 1.807) is 72.1 Å². The smallest absolute Gasteiger partial charge is 0.442 e. The summed E-state index contributed by atoms with van der Waals surface area (Å²) in [6, 6.07) is 12.8. The SMILES string of the molecule is CC(C)(C)OC(=O)N=S(=O)(c1ccc(Nc2cc3c(C#Cc4ccc5c(c4)N(C(=O)OC(C)(C)C)C(=O)C54CC4)nccc3cn2)c(F)c1)C1COC1. The van der Waals surface area contributed by atoms with E-state index in [1.807, 2.05) is 12.1 Å². The van der Waals surface area contributed by atoms with Gasteiger partial charge in [-0.15, -0.1) is 4.36 Å². The number of fused-ring (bicyclic) bond motifs is 3. The highest BCUT2D eigenvalue weighted by atomic mass is 32.2. The molecule has 1 aliphatic carbocycles. The van der Waals surface area contributed by atoms with Crippen LogP contribution in [0.25, 0.3) is 10.8 Å². The number of carbonyl (C=O) groups excluding carboxylic acids is 3. The highest BCUT2D eigenvalue weighted by Crippen LogP contribution is 2.57. The Morgan fingerprint density at radius 3 is 2.38 bits per heavy atom. The molecule has 274 valence electrons. The second-order valence-electron chi connectivity index (χ2n) is 15.2. The number of hydrogen-bond acceptors (Lipinski definition) is 10. The average molecular weight is 740 g/mol. The van der Waals surface area contributed by atoms with Gasteiger partial charge in [-0.05, 0) is 108 Å². The van der Waals surface area contributed by atoms with Crippen LogP contribution in [0.3, 0.4) is 0 Å². The topological polar surface area (TPSA) is 149 Å². The molecular weight excluding hydrogens is 702 g/mol. The molecule has 12 nitrogen and oxygen atoms in total. The summed E-state index contributed by atoms with van der Waals surface area (Å²) in [5, 5.41) is 3.75. The van der Waals surface area contributed by atoms with Crippen LogP contribution in [0, 0.1) is 17.7 Å². The number of halogens is 1. The number of benzene rings is 2. The van der Waals surface area contributed by atoms with E-state index in [9.17, 15) is 18.6 Å². The summed E-state index contributed by atoms with van der Waals surface area (Å²) in [7, 11) is -3.40. The van der Waals surface area contributed by atoms with Gasteiger partial charge in [-0.25, -0.2) is 33.1 Å². The van der Waals surface area contributed by atoms with E-state index in [0.717, 1.165) is 21.9 Å². The molecule has 1 spiro atoms. The molecule has 1 unspecified atom stereocenters. The maximum absolute atomic E-state index is 15.6. The average Bonchev–Trinajstić information content (AvgIpc) is 3.80. The number of amides is 3. The number of anilines is 3. The summed E-state index contributed by atoms with van der Waals surface area (Å²) in [5.41, 5.74) is -0.00496. The monoisotopic (exact) mass is 739 g/mol. The van der Waals surface area contributed by atoms with E-state index in [0.29, 0.717) is 41.0 Å². The molecule has 2 fully saturated rings. The second-order valence-corrected chi connectivity index (χ2v) is 17.7. The van der Waals surface area contributed by atoms with Crippen molar-refractivity contribution in [3.63, 3.8) is 0 Å². The van der Waals surface area contributed by atoms with Crippen LogP contribution in [0.4, 0.5) is 31.2 Å². The maximum Gasteiger partial charge on any atom is 0.442 e. The fraction of sp³-hybridized carbons (Fsp3) is 0.359. The van der Waals surface area contributed by atoms with Crippen molar-refractivity contribution in [1.82, 2.24) is 9.97 Å². The summed E-state index contributed by atoms with van der Waals surface area (Å²) in [6.45, 7) is 10.5. The normalized spacial score (nSPS) is 17.3. The molecule has 0 radical (unpaired) electrons. The van der Waals surface area contributed by atoms with Gasteiger partial charge in [-0.2, -0.15) is 0 Å². The zero-order chi connectivity index (χ0) is 37.9. The minimum Gasteiger partial charge on any atom is -0.443 e. The van der Waals surface area contributed by atoms with Crippen LogP contribution in [0.15, 0.2) is 70.2 Å². The van der Waals surface area contributed by atoms with Crippen molar-refractivity contribution >= 4 is 55.8 Å². The molecule has 1 N–H and O–H groups in total. The highest BCUT2D eigenvalue weighted by molar-refractivity contribution is 7.94. The number of nitrogens with zero attached hydrogens (tertiary/aromatic N) is 4. The Morgan fingerprint density at radius 1 is 1.00 bits per heavy atom. The van der Waals surface area contributed by atoms with Crippen molar-refractivity contribution in [2.24, 2.45) is 4.36 Å². The maximum atomic E-state index is 15.6. The first-order valence-electron chi connectivity index (χ1n) is 17.1. The molecule has 2 aromatic carbocycles. The van der Waals surface area contributed by atoms with Gasteiger partial charge in [0.2, 0.25) is 5.91 Å². The van der Waals surface area contributed by atoms with Crippen molar-refractivity contribution in [3.05, 3.63) is 83.6 Å². The van der Waals surface area contributed by atoms with Crippen LogP contribution in [0.5, 0.6) is 0 Å². The van der Waals surface area contributed by atoms with Gasteiger partial charge in [0.1, 0.15) is 28.5 Å². The van der Waals surface area contributed by atoms with Gasteiger partial charge >= 0.3 is 12.2 Å². The Labute approximate surface area is 306 Å². The zero-order valence-electron chi connectivity index (χ0n) is 30.1. The van der Waals surface area contributed by atoms with Crippen LogP contribution >= 0.6 is 0 Å². The standard InChI is InChI=1S/C39H38FN5O7S/c1-37(2,3)51-35(47)44-53(49,26-21-50-22-26)25-9-12-31(29(40)18-25)43-33-19-27-24(20-42-33)13-16-41-30(27)11-8-23-7-10-28-32(17-23)45(34(46)39(28)14-15-39)36(48)52-38(4,5)6/h7,9-10,12-13,16-20,26H,14-15,21-22H2,1-6H3,(H,42,43). The summed E-state index contributed by atoms with van der Waals surface area (Å²) in [6.07, 6.45) is 2.84. The van der Waals surface area contributed by atoms with E-state index in [-0.39, 0.29) is 29.7 Å². The predicted octanol–water partition coefficient (Wildman–Crippen LogP) is 7.39. The van der Waals surface area contributed by atoms with E-state index >= 15 is 4.39 Å². The largest absolute Gasteiger partial charge is 0.443 e. The molecule has 2 aromatic heterocycles. The van der Waals surface area contributed by atoms with E-state index in [2.05, 4.69) is 31.5 Å². The second kappa shape index (κ2) is 12.9. The van der Waals surface area contributed by atoms with Gasteiger partial charge in [-0.1, -0.05) is 12.0 Å². The minimum absolute atomic E-state index is 0.0466. The molecule has 14 heteroatoms. The molecule has 2 aliphatic heterocycles. The lowest BCUT2D eigenvalue weighted by molar-refractivity contribution is -0.120. The number of rotatable bonds is 4. The summed E-state index contributed by atoms with van der Waals surface area (Å²) in [5.74, 6) is 5.50. The number of ether oxygens (including phenoxy) is 3. The van der Waals surface area contributed by atoms with Gasteiger partial charge < -0.3 is 19.5 Å². The third-order valence-electron chi connectivity index (χ3n) is 8.87. The number of hydrogen-bond donors (Lipinski definition) is 1. The van der Waals surface area contributed by atoms with E-state index < -0.39 is 49.6 Å². The van der Waals surface area contributed by atoms with Crippen molar-refractivity contribution in [2.45, 2.75) is 81.1 Å². The van der Waals surface area contributed by atoms with Gasteiger partial charge in [-0.3, -0.25) is 4.79 Å². The quantitative estimate of drug-likeness (QED) is 0.210. The summed E-state index contributed by atoms with van der Waals surface area (Å²) < 4.78 is 49.6. The Kier molecular flexibility index (Phi) is 8.78. The fourth-order valence-corrected chi connectivity index (χ4v) is 8.12. The Balaban J connectivity index is 1.16. The third kappa shape index (κ3) is 7.06. The lowest BCUT2D eigenvalue weighted by Crippen LogP contribution is -2.41. The van der Waals surface area contributed by atoms with E-state index in [4.69, 9.17) is 14.2 Å². The number of nitrogens with one attached hydrogen (secondary N) is 1. The van der Waals surface area contributed by atoms with Crippen LogP contribution in [-0.4, -0.2) is 61.9 Å². The Bertz CT molecular complexity index is 2390. The van der Waals surface area contributed by atoms with Crippen LogP contribution < -0.4 is 10.2 Å². The van der Waals surface area contributed by atoms with Crippen LogP contribution in [0.1, 0.15) is 71.2 Å². The number of aromatic nitrogens is 2. The molecule has 3 aliphatic rings. The van der Waals surface area contributed by atoms with Crippen LogP contribution in [0.2, 0.25) is 0 Å². The highest BCUT2D eigenvalue weighted by Gasteiger charge is 2.61. The molecule has 53 heavy (non-hydrogen) atoms. The van der Waals surface area contributed by atoms with Gasteiger partial charge in [0.15, 0.2) is 0 Å². The molecule has 4 heterocycles. The third-order valence-corrected chi connectivity index (χ3v) is 11.4. The molecular formula is C39H38FN5O7S. The van der Waals surface area contributed by atoms with Crippen molar-refractivity contribution in [3.8, 4) is 11.8 Å². The molecule has 3 amide bonds. The van der Waals surface area contributed by atoms with Gasteiger partial charge in [0.25, 0.3) is 0 Å². The molecule has 7 rings (SSSR count). The summed E-state index contributed by atoms with van der Waals surface area (Å²) in [4.78, 5) is 49.1. The van der Waals surface area contributed by atoms with E-state index in [1.165, 1.54) is 12.1 Å². The van der Waals surface area contributed by atoms with Crippen molar-refractivity contribution in [2.75, 3.05) is 23.4 Å². The number of imide groups is 1. The number of pyridine rings is 2. The molecule has 1 atom stereocenters. The first-order valence-corrected chi connectivity index (χ1v) is 18.7. The number of carbonyl (C=O) groups is 3. The molecule has 0 bridgehead atoms. The van der Waals surface area contributed by atoms with Gasteiger partial charge in [0.05, 0.1) is 49.9 Å². The predicted molar refractivity (Wildman–Crippen MR) is 196 cm³/mol. The zero-order valence-corrected chi connectivity index (χ0v) is 30.9. The van der Waals surface area contributed by atoms with Crippen molar-refractivity contribution < 1.29 is 37.2 Å². The molecule has 1 saturated carbocycles. The Hall–Kier alpha value is -5.39. The first-order chi connectivity index (χ1) is 25.0. The molecule has 1 saturated heterocycles. The molecule has 4 aromatic rings. The lowest BCUT2D eigenvalue weighted by atomic mass is 9.97. The Morgan fingerprint density at radius 2 is 1.74 bits per heavy atom. The van der Waals surface area contributed by atoms with Crippen molar-refractivity contribution in [1.29, 1.82) is 0 Å². The van der Waals surface area contributed by atoms with Crippen LogP contribution in [-0.2, 0) is 34.1 Å². The fourth-order valence-electron chi connectivity index (χ4n) is 6.13. The van der Waals surface area contributed by atoms with Gasteiger partial charge in [0, 0.05) is 28.7 Å². The first kappa shape index (κ1) is 36.0.